The van der Waals surface area contributed by atoms with Crippen LogP contribution in [0.15, 0.2) is 33.6 Å². The Morgan fingerprint density at radius 3 is 2.31 bits per heavy atom. The first-order chi connectivity index (χ1) is 13.6. The number of carbonyl (C=O) groups excluding carboxylic acids is 1. The molecule has 2 heterocycles. The maximum absolute atomic E-state index is 12.8. The minimum absolute atomic E-state index is 0.0999. The Labute approximate surface area is 171 Å². The van der Waals surface area contributed by atoms with E-state index in [9.17, 15) is 21.6 Å². The van der Waals surface area contributed by atoms with Gasteiger partial charge in [0.1, 0.15) is 5.58 Å². The molecule has 1 fully saturated rings. The summed E-state index contributed by atoms with van der Waals surface area (Å²) in [6, 6.07) is 5.96. The Bertz CT molecular complexity index is 1110. The summed E-state index contributed by atoms with van der Waals surface area (Å²) in [5.41, 5.74) is 0.412. The topological polar surface area (TPSA) is 108 Å². The van der Waals surface area contributed by atoms with Crippen molar-refractivity contribution in [3.05, 3.63) is 30.0 Å². The second-order valence-corrected chi connectivity index (χ2v) is 11.3. The molecule has 1 aromatic carbocycles. The average molecular weight is 444 g/mol. The van der Waals surface area contributed by atoms with Crippen LogP contribution in [0.3, 0.4) is 0 Å². The van der Waals surface area contributed by atoms with E-state index in [0.29, 0.717) is 17.4 Å². The van der Waals surface area contributed by atoms with Crippen LogP contribution in [0.4, 0.5) is 0 Å². The Morgan fingerprint density at radius 1 is 1.07 bits per heavy atom. The fraction of sp³-hybridized carbons (Fsp3) is 0.500. The molecule has 1 amide bonds. The molecule has 3 rings (SSSR count). The molecule has 0 saturated carbocycles. The van der Waals surface area contributed by atoms with Gasteiger partial charge >= 0.3 is 0 Å². The largest absolute Gasteiger partial charge is 0.451 e. The summed E-state index contributed by atoms with van der Waals surface area (Å²) in [4.78, 5) is 14.4. The van der Waals surface area contributed by atoms with Crippen LogP contribution in [0.2, 0.25) is 0 Å². The Kier molecular flexibility index (Phi) is 6.04. The van der Waals surface area contributed by atoms with Gasteiger partial charge in [-0.25, -0.2) is 21.1 Å². The van der Waals surface area contributed by atoms with E-state index in [1.807, 2.05) is 6.92 Å². The number of furan rings is 1. The molecular weight excluding hydrogens is 418 g/mol. The van der Waals surface area contributed by atoms with Crippen LogP contribution in [0.1, 0.15) is 23.9 Å². The maximum Gasteiger partial charge on any atom is 0.289 e. The summed E-state index contributed by atoms with van der Waals surface area (Å²) in [5.74, 6) is -0.141. The predicted molar refractivity (Wildman–Crippen MR) is 109 cm³/mol. The number of hydrogen-bond acceptors (Lipinski definition) is 6. The number of hydrogen-bond donors (Lipinski definition) is 0. The summed E-state index contributed by atoms with van der Waals surface area (Å²) in [7, 11) is -3.98. The van der Waals surface area contributed by atoms with E-state index in [4.69, 9.17) is 4.42 Å². The first-order valence-electron chi connectivity index (χ1n) is 9.29. The van der Waals surface area contributed by atoms with Gasteiger partial charge in [-0.2, -0.15) is 4.31 Å². The summed E-state index contributed by atoms with van der Waals surface area (Å²) in [6.07, 6.45) is 0.548. The number of benzene rings is 1. The van der Waals surface area contributed by atoms with Crippen molar-refractivity contribution in [3.63, 3.8) is 0 Å². The lowest BCUT2D eigenvalue weighted by Gasteiger charge is -2.33. The molecule has 0 N–H and O–H groups in total. The molecule has 0 spiro atoms. The fourth-order valence-electron chi connectivity index (χ4n) is 3.21. The van der Waals surface area contributed by atoms with Crippen molar-refractivity contribution in [2.24, 2.45) is 0 Å². The average Bonchev–Trinajstić information content (AvgIpc) is 3.10. The van der Waals surface area contributed by atoms with Gasteiger partial charge in [0.05, 0.1) is 10.6 Å². The Hall–Kier alpha value is -1.95. The van der Waals surface area contributed by atoms with Crippen molar-refractivity contribution in [1.82, 2.24) is 13.5 Å². The van der Waals surface area contributed by atoms with Crippen LogP contribution in [0.5, 0.6) is 0 Å². The Balaban J connectivity index is 1.77. The molecule has 0 bridgehead atoms. The van der Waals surface area contributed by atoms with Crippen molar-refractivity contribution < 1.29 is 26.0 Å². The molecule has 1 aliphatic rings. The molecule has 0 aliphatic carbocycles. The van der Waals surface area contributed by atoms with Gasteiger partial charge in [-0.1, -0.05) is 6.92 Å². The second-order valence-electron chi connectivity index (χ2n) is 7.10. The highest BCUT2D eigenvalue weighted by Crippen LogP contribution is 2.25. The third kappa shape index (κ3) is 4.32. The van der Waals surface area contributed by atoms with Gasteiger partial charge in [-0.05, 0) is 30.7 Å². The smallest absolute Gasteiger partial charge is 0.289 e. The Morgan fingerprint density at radius 2 is 1.72 bits per heavy atom. The van der Waals surface area contributed by atoms with Crippen LogP contribution < -0.4 is 0 Å². The van der Waals surface area contributed by atoms with Gasteiger partial charge in [0.2, 0.25) is 20.0 Å². The highest BCUT2D eigenvalue weighted by Gasteiger charge is 2.30. The minimum Gasteiger partial charge on any atom is -0.451 e. The first-order valence-corrected chi connectivity index (χ1v) is 12.3. The molecule has 0 unspecified atom stereocenters. The molecule has 0 radical (unpaired) electrons. The number of nitrogens with zero attached hydrogens (tertiary/aromatic N) is 3. The number of rotatable bonds is 6. The zero-order valence-corrected chi connectivity index (χ0v) is 18.3. The van der Waals surface area contributed by atoms with Crippen LogP contribution in [-0.4, -0.2) is 82.3 Å². The predicted octanol–water partition coefficient (Wildman–Crippen LogP) is 1.18. The SMILES string of the molecule is CCCS(=O)(=O)N1CCN(C(=O)c2cc3cc(S(=O)(=O)N(C)C)ccc3o2)CC1. The highest BCUT2D eigenvalue weighted by molar-refractivity contribution is 7.89. The van der Waals surface area contributed by atoms with Gasteiger partial charge in [-0.3, -0.25) is 4.79 Å². The highest BCUT2D eigenvalue weighted by atomic mass is 32.2. The summed E-state index contributed by atoms with van der Waals surface area (Å²) < 4.78 is 57.0. The van der Waals surface area contributed by atoms with Gasteiger partial charge in [0.25, 0.3) is 5.91 Å². The second kappa shape index (κ2) is 8.05. The van der Waals surface area contributed by atoms with Crippen molar-refractivity contribution in [3.8, 4) is 0 Å². The first kappa shape index (κ1) is 21.8. The van der Waals surface area contributed by atoms with Crippen molar-refractivity contribution in [2.75, 3.05) is 46.0 Å². The molecule has 1 aliphatic heterocycles. The standard InChI is InChI=1S/C18H25N3O6S2/c1-4-11-28(23,24)21-9-7-20(8-10-21)18(22)17-13-14-12-15(5-6-16(14)27-17)29(25,26)19(2)3/h5-6,12-13H,4,7-11H2,1-3H3. The normalized spacial score (nSPS) is 16.6. The van der Waals surface area contributed by atoms with Gasteiger partial charge in [0, 0.05) is 45.7 Å². The van der Waals surface area contributed by atoms with Gasteiger partial charge < -0.3 is 9.32 Å². The lowest BCUT2D eigenvalue weighted by Crippen LogP contribution is -2.50. The zero-order valence-electron chi connectivity index (χ0n) is 16.7. The molecule has 2 aromatic rings. The molecule has 11 heteroatoms. The van der Waals surface area contributed by atoms with Crippen LogP contribution in [0.25, 0.3) is 11.0 Å². The van der Waals surface area contributed by atoms with Crippen LogP contribution in [-0.2, 0) is 20.0 Å². The molecule has 29 heavy (non-hydrogen) atoms. The monoisotopic (exact) mass is 443 g/mol. The number of sulfonamides is 2. The molecule has 9 nitrogen and oxygen atoms in total. The van der Waals surface area contributed by atoms with E-state index in [-0.39, 0.29) is 48.5 Å². The third-order valence-electron chi connectivity index (χ3n) is 4.86. The number of amides is 1. The lowest BCUT2D eigenvalue weighted by atomic mass is 10.2. The van der Waals surface area contributed by atoms with Gasteiger partial charge in [-0.15, -0.1) is 0 Å². The quantitative estimate of drug-likeness (QED) is 0.663. The molecule has 160 valence electrons. The van der Waals surface area contributed by atoms with E-state index in [2.05, 4.69) is 0 Å². The molecular formula is C18H25N3O6S2. The lowest BCUT2D eigenvalue weighted by molar-refractivity contribution is 0.0668. The van der Waals surface area contributed by atoms with Crippen LogP contribution in [0, 0.1) is 0 Å². The van der Waals surface area contributed by atoms with E-state index in [0.717, 1.165) is 4.31 Å². The number of carbonyl (C=O) groups is 1. The molecule has 0 atom stereocenters. The number of piperazine rings is 1. The third-order valence-corrected chi connectivity index (χ3v) is 8.75. The van der Waals surface area contributed by atoms with Crippen molar-refractivity contribution in [2.45, 2.75) is 18.2 Å². The zero-order chi connectivity index (χ0) is 21.4. The van der Waals surface area contributed by atoms with Crippen LogP contribution >= 0.6 is 0 Å². The summed E-state index contributed by atoms with van der Waals surface area (Å²) >= 11 is 0. The minimum atomic E-state index is -3.59. The molecule has 1 aromatic heterocycles. The van der Waals surface area contributed by atoms with E-state index < -0.39 is 20.0 Å². The number of fused-ring (bicyclic) bond motifs is 1. The van der Waals surface area contributed by atoms with E-state index >= 15 is 0 Å². The van der Waals surface area contributed by atoms with Crippen molar-refractivity contribution in [1.29, 1.82) is 0 Å². The summed E-state index contributed by atoms with van der Waals surface area (Å²) in [5, 5.41) is 0.514. The molecule has 1 saturated heterocycles. The van der Waals surface area contributed by atoms with Crippen molar-refractivity contribution >= 4 is 36.9 Å². The maximum atomic E-state index is 12.8. The summed E-state index contributed by atoms with van der Waals surface area (Å²) in [6.45, 7) is 2.87. The van der Waals surface area contributed by atoms with E-state index in [1.54, 1.807) is 4.90 Å². The fourth-order valence-corrected chi connectivity index (χ4v) is 5.64. The van der Waals surface area contributed by atoms with Gasteiger partial charge in [0.15, 0.2) is 5.76 Å². The van der Waals surface area contributed by atoms with E-state index in [1.165, 1.54) is 42.7 Å².